The minimum absolute atomic E-state index is 0.00803. The smallest absolute Gasteiger partial charge is 0.320 e. The first-order chi connectivity index (χ1) is 13.3. The molecule has 2 aromatic rings. The Bertz CT molecular complexity index is 842. The fourth-order valence-corrected chi connectivity index (χ4v) is 4.56. The van der Waals surface area contributed by atoms with Crippen molar-refractivity contribution in [1.29, 1.82) is 0 Å². The summed E-state index contributed by atoms with van der Waals surface area (Å²) in [6, 6.07) is 10.3. The van der Waals surface area contributed by atoms with Gasteiger partial charge in [-0.25, -0.2) is 4.79 Å². The Balaban J connectivity index is 1.91. The van der Waals surface area contributed by atoms with E-state index < -0.39 is 0 Å². The molecule has 1 unspecified atom stereocenters. The van der Waals surface area contributed by atoms with Crippen LogP contribution in [0.15, 0.2) is 35.7 Å². The third-order valence-electron chi connectivity index (χ3n) is 5.24. The van der Waals surface area contributed by atoms with Crippen LogP contribution in [0.3, 0.4) is 0 Å². The van der Waals surface area contributed by atoms with Crippen molar-refractivity contribution in [2.45, 2.75) is 39.3 Å². The lowest BCUT2D eigenvalue weighted by atomic mass is 9.92. The first kappa shape index (κ1) is 20.4. The highest BCUT2D eigenvalue weighted by molar-refractivity contribution is 7.10. The molecule has 6 heteroatoms. The van der Waals surface area contributed by atoms with Crippen LogP contribution in [0.2, 0.25) is 0 Å². The van der Waals surface area contributed by atoms with Gasteiger partial charge in [0.25, 0.3) is 0 Å². The number of rotatable bonds is 4. The molecule has 5 nitrogen and oxygen atoms in total. The molecule has 0 saturated carbocycles. The minimum Gasteiger partial charge on any atom is -0.331 e. The molecular weight excluding hydrogens is 370 g/mol. The van der Waals surface area contributed by atoms with Gasteiger partial charge in [0.15, 0.2) is 0 Å². The molecule has 0 radical (unpaired) electrons. The second-order valence-corrected chi connectivity index (χ2v) is 8.85. The first-order valence-corrected chi connectivity index (χ1v) is 10.6. The Hall–Kier alpha value is -2.34. The van der Waals surface area contributed by atoms with E-state index in [1.807, 2.05) is 18.7 Å². The van der Waals surface area contributed by atoms with E-state index in [-0.39, 0.29) is 30.6 Å². The molecule has 150 valence electrons. The fraction of sp³-hybridized carbons (Fsp3) is 0.455. The van der Waals surface area contributed by atoms with Gasteiger partial charge in [0.1, 0.15) is 6.54 Å². The number of fused-ring (bicyclic) bond motifs is 1. The zero-order valence-electron chi connectivity index (χ0n) is 17.3. The Morgan fingerprint density at radius 3 is 2.46 bits per heavy atom. The molecule has 1 aliphatic heterocycles. The topological polar surface area (TPSA) is 43.9 Å². The number of thiophene rings is 1. The van der Waals surface area contributed by atoms with E-state index in [0.717, 1.165) is 12.0 Å². The number of urea groups is 1. The molecule has 1 aliphatic rings. The van der Waals surface area contributed by atoms with Gasteiger partial charge in [0.2, 0.25) is 5.91 Å². The summed E-state index contributed by atoms with van der Waals surface area (Å²) >= 11 is 1.76. The number of carbonyl (C=O) groups excluding carboxylic acids is 2. The summed E-state index contributed by atoms with van der Waals surface area (Å²) < 4.78 is 0. The highest BCUT2D eigenvalue weighted by atomic mass is 32.1. The van der Waals surface area contributed by atoms with Crippen LogP contribution in [0, 0.1) is 6.92 Å². The number of hydrogen-bond acceptors (Lipinski definition) is 3. The fourth-order valence-electron chi connectivity index (χ4n) is 3.66. The highest BCUT2D eigenvalue weighted by Crippen LogP contribution is 2.38. The number of aryl methyl sites for hydroxylation is 1. The van der Waals surface area contributed by atoms with Crippen molar-refractivity contribution in [2.75, 3.05) is 27.2 Å². The van der Waals surface area contributed by atoms with Crippen LogP contribution in [0.4, 0.5) is 4.79 Å². The summed E-state index contributed by atoms with van der Waals surface area (Å²) in [5.74, 6) is -0.00803. The van der Waals surface area contributed by atoms with Crippen LogP contribution in [0.25, 0.3) is 0 Å². The van der Waals surface area contributed by atoms with E-state index in [2.05, 4.69) is 42.6 Å². The molecule has 0 spiro atoms. The molecule has 1 aromatic heterocycles. The maximum absolute atomic E-state index is 13.3. The lowest BCUT2D eigenvalue weighted by Gasteiger charge is -2.38. The van der Waals surface area contributed by atoms with Crippen LogP contribution < -0.4 is 0 Å². The molecule has 0 saturated heterocycles. The van der Waals surface area contributed by atoms with Gasteiger partial charge >= 0.3 is 6.03 Å². The van der Waals surface area contributed by atoms with Crippen molar-refractivity contribution in [2.24, 2.45) is 0 Å². The second-order valence-electron chi connectivity index (χ2n) is 7.85. The molecule has 3 rings (SSSR count). The molecule has 3 amide bonds. The van der Waals surface area contributed by atoms with Crippen molar-refractivity contribution in [1.82, 2.24) is 14.7 Å². The van der Waals surface area contributed by atoms with Crippen molar-refractivity contribution < 1.29 is 9.59 Å². The Labute approximate surface area is 171 Å². The molecule has 0 aliphatic carbocycles. The van der Waals surface area contributed by atoms with E-state index in [1.54, 1.807) is 30.3 Å². The van der Waals surface area contributed by atoms with Crippen molar-refractivity contribution in [3.05, 3.63) is 57.3 Å². The molecular formula is C22H29N3O2S. The van der Waals surface area contributed by atoms with Gasteiger partial charge in [-0.15, -0.1) is 11.3 Å². The Morgan fingerprint density at radius 2 is 1.86 bits per heavy atom. The minimum atomic E-state index is -0.136. The third kappa shape index (κ3) is 4.07. The number of hydrogen-bond donors (Lipinski definition) is 0. The quantitative estimate of drug-likeness (QED) is 0.782. The molecule has 0 N–H and O–H groups in total. The van der Waals surface area contributed by atoms with Gasteiger partial charge in [-0.05, 0) is 49.8 Å². The number of nitrogens with zero attached hydrogens (tertiary/aromatic N) is 3. The van der Waals surface area contributed by atoms with Crippen LogP contribution in [0.1, 0.15) is 41.5 Å². The zero-order valence-corrected chi connectivity index (χ0v) is 18.1. The Morgan fingerprint density at radius 1 is 1.18 bits per heavy atom. The molecule has 28 heavy (non-hydrogen) atoms. The molecule has 1 atom stereocenters. The lowest BCUT2D eigenvalue weighted by molar-refractivity contribution is -0.134. The standard InChI is InChI=1S/C22H29N3O2S/c1-15(2)25(22(27)23(4)5)14-20(26)24-12-10-19-18(11-13-28-19)21(24)17-8-6-16(3)7-9-17/h6-9,11,13,15,21H,10,12,14H2,1-5H3. The van der Waals surface area contributed by atoms with Crippen LogP contribution >= 0.6 is 11.3 Å². The summed E-state index contributed by atoms with van der Waals surface area (Å²) in [5, 5.41) is 2.11. The normalized spacial score (nSPS) is 16.1. The van der Waals surface area contributed by atoms with Crippen molar-refractivity contribution >= 4 is 23.3 Å². The predicted octanol–water partition coefficient (Wildman–Crippen LogP) is 3.92. The summed E-state index contributed by atoms with van der Waals surface area (Å²) in [4.78, 5) is 32.3. The SMILES string of the molecule is Cc1ccc(C2c3ccsc3CCN2C(=O)CN(C(=O)N(C)C)C(C)C)cc1. The third-order valence-corrected chi connectivity index (χ3v) is 6.23. The number of carbonyl (C=O) groups is 2. The van der Waals surface area contributed by atoms with Gasteiger partial charge in [0.05, 0.1) is 6.04 Å². The van der Waals surface area contributed by atoms with Crippen molar-refractivity contribution in [3.63, 3.8) is 0 Å². The van der Waals surface area contributed by atoms with Crippen LogP contribution in [-0.4, -0.2) is 59.9 Å². The predicted molar refractivity (Wildman–Crippen MR) is 114 cm³/mol. The van der Waals surface area contributed by atoms with Gasteiger partial charge in [0, 0.05) is 31.6 Å². The van der Waals surface area contributed by atoms with Crippen LogP contribution in [-0.2, 0) is 11.2 Å². The van der Waals surface area contributed by atoms with Gasteiger partial charge in [-0.1, -0.05) is 29.8 Å². The highest BCUT2D eigenvalue weighted by Gasteiger charge is 2.34. The Kier molecular flexibility index (Phi) is 6.08. The van der Waals surface area contributed by atoms with Crippen molar-refractivity contribution in [3.8, 4) is 0 Å². The summed E-state index contributed by atoms with van der Waals surface area (Å²) in [6.07, 6.45) is 0.865. The van der Waals surface area contributed by atoms with Gasteiger partial charge in [-0.2, -0.15) is 0 Å². The van der Waals surface area contributed by atoms with E-state index in [4.69, 9.17) is 0 Å². The average Bonchev–Trinajstić information content (AvgIpc) is 3.13. The first-order valence-electron chi connectivity index (χ1n) is 9.69. The maximum atomic E-state index is 13.3. The average molecular weight is 400 g/mol. The summed E-state index contributed by atoms with van der Waals surface area (Å²) in [7, 11) is 3.44. The molecule has 2 heterocycles. The van der Waals surface area contributed by atoms with E-state index in [0.29, 0.717) is 6.54 Å². The van der Waals surface area contributed by atoms with Gasteiger partial charge < -0.3 is 14.7 Å². The second kappa shape index (κ2) is 8.35. The molecule has 0 bridgehead atoms. The lowest BCUT2D eigenvalue weighted by Crippen LogP contribution is -2.51. The van der Waals surface area contributed by atoms with E-state index >= 15 is 0 Å². The number of benzene rings is 1. The molecule has 1 aromatic carbocycles. The van der Waals surface area contributed by atoms with Crippen LogP contribution in [0.5, 0.6) is 0 Å². The monoisotopic (exact) mass is 399 g/mol. The zero-order chi connectivity index (χ0) is 20.4. The largest absolute Gasteiger partial charge is 0.331 e. The van der Waals surface area contributed by atoms with E-state index in [9.17, 15) is 9.59 Å². The number of amides is 3. The molecule has 0 fully saturated rings. The van der Waals surface area contributed by atoms with E-state index in [1.165, 1.54) is 20.9 Å². The van der Waals surface area contributed by atoms with Gasteiger partial charge in [-0.3, -0.25) is 4.79 Å². The maximum Gasteiger partial charge on any atom is 0.320 e. The summed E-state index contributed by atoms with van der Waals surface area (Å²) in [5.41, 5.74) is 3.53. The summed E-state index contributed by atoms with van der Waals surface area (Å²) in [6.45, 7) is 6.72.